The Kier molecular flexibility index (Phi) is 7.90. The number of carbonyl (C=O) groups is 3. The van der Waals surface area contributed by atoms with E-state index in [1.54, 1.807) is 74.6 Å². The normalized spacial score (nSPS) is 20.1. The zero-order valence-corrected chi connectivity index (χ0v) is 24.5. The van der Waals surface area contributed by atoms with E-state index in [2.05, 4.69) is 0 Å². The molecule has 0 saturated carbocycles. The van der Waals surface area contributed by atoms with Crippen molar-refractivity contribution in [1.82, 2.24) is 4.90 Å². The van der Waals surface area contributed by atoms with Gasteiger partial charge >= 0.3 is 5.97 Å². The van der Waals surface area contributed by atoms with Gasteiger partial charge in [0.25, 0.3) is 5.91 Å². The van der Waals surface area contributed by atoms with Crippen LogP contribution in [0.15, 0.2) is 54.6 Å². The van der Waals surface area contributed by atoms with Crippen molar-refractivity contribution in [3.05, 3.63) is 86.9 Å². The van der Waals surface area contributed by atoms with Gasteiger partial charge < -0.3 is 24.4 Å². The lowest BCUT2D eigenvalue weighted by Gasteiger charge is -2.33. The van der Waals surface area contributed by atoms with Crippen molar-refractivity contribution < 1.29 is 29.0 Å². The fraction of sp³-hybridized carbons (Fsp3) is 0.323. The molecule has 2 aliphatic heterocycles. The molecule has 0 aromatic heterocycles. The third kappa shape index (κ3) is 5.00. The van der Waals surface area contributed by atoms with Gasteiger partial charge in [-0.05, 0) is 85.8 Å². The van der Waals surface area contributed by atoms with Crippen LogP contribution in [-0.2, 0) is 21.5 Å². The van der Waals surface area contributed by atoms with Crippen molar-refractivity contribution in [3.8, 4) is 11.5 Å². The van der Waals surface area contributed by atoms with Gasteiger partial charge in [0.05, 0.1) is 20.8 Å². The minimum absolute atomic E-state index is 0.209. The largest absolute Gasteiger partial charge is 0.497 e. The highest BCUT2D eigenvalue weighted by Crippen LogP contribution is 2.49. The Balaban J connectivity index is 1.58. The van der Waals surface area contributed by atoms with E-state index >= 15 is 0 Å². The Morgan fingerprint density at radius 2 is 1.78 bits per heavy atom. The summed E-state index contributed by atoms with van der Waals surface area (Å²) in [6.45, 7) is 2.33. The van der Waals surface area contributed by atoms with Gasteiger partial charge in [-0.25, -0.2) is 4.79 Å². The average molecular weight is 597 g/mol. The first kappa shape index (κ1) is 28.8. The van der Waals surface area contributed by atoms with Crippen LogP contribution in [0.2, 0.25) is 10.0 Å². The smallest absolute Gasteiger partial charge is 0.326 e. The zero-order chi connectivity index (χ0) is 29.5. The summed E-state index contributed by atoms with van der Waals surface area (Å²) in [5.41, 5.74) is 1.51. The van der Waals surface area contributed by atoms with E-state index in [9.17, 15) is 19.5 Å². The number of fused-ring (bicyclic) bond motifs is 1. The number of anilines is 1. The number of rotatable bonds is 7. The molecule has 0 radical (unpaired) electrons. The van der Waals surface area contributed by atoms with Crippen molar-refractivity contribution in [1.29, 1.82) is 0 Å². The van der Waals surface area contributed by atoms with E-state index in [0.717, 1.165) is 18.4 Å². The van der Waals surface area contributed by atoms with Crippen molar-refractivity contribution >= 4 is 46.7 Å². The molecule has 10 heteroatoms. The van der Waals surface area contributed by atoms with Crippen LogP contribution in [0.25, 0.3) is 0 Å². The molecule has 1 fully saturated rings. The molecule has 2 atom stereocenters. The van der Waals surface area contributed by atoms with Crippen molar-refractivity contribution in [2.75, 3.05) is 25.7 Å². The average Bonchev–Trinajstić information content (AvgIpc) is 3.18. The number of hydrogen-bond donors (Lipinski definition) is 1. The molecule has 2 aliphatic rings. The first-order chi connectivity index (χ1) is 19.6. The molecule has 0 bridgehead atoms. The Hall–Kier alpha value is -3.75. The second-order valence-corrected chi connectivity index (χ2v) is 11.2. The predicted octanol–water partition coefficient (Wildman–Crippen LogP) is 5.94. The fourth-order valence-electron chi connectivity index (χ4n) is 5.85. The number of methoxy groups -OCH3 is 2. The SMILES string of the molecule is COc1ccc(CN2C(=O)C(C)(c3cc(C(=O)N4CCCCC4C(=O)O)ccc3Cl)c3cc(Cl)ccc32)c(OC)c1. The molecular formula is C31H30Cl2N2O6. The van der Waals surface area contributed by atoms with Gasteiger partial charge in [0.2, 0.25) is 5.91 Å². The molecule has 0 spiro atoms. The summed E-state index contributed by atoms with van der Waals surface area (Å²) in [7, 11) is 3.13. The fourth-order valence-corrected chi connectivity index (χ4v) is 6.33. The molecule has 3 aromatic rings. The van der Waals surface area contributed by atoms with Crippen LogP contribution in [-0.4, -0.2) is 54.6 Å². The van der Waals surface area contributed by atoms with Crippen LogP contribution in [0, 0.1) is 0 Å². The first-order valence-electron chi connectivity index (χ1n) is 13.3. The Morgan fingerprint density at radius 3 is 2.49 bits per heavy atom. The van der Waals surface area contributed by atoms with E-state index in [-0.39, 0.29) is 18.0 Å². The van der Waals surface area contributed by atoms with Gasteiger partial charge in [0, 0.05) is 39.5 Å². The number of nitrogens with zero attached hydrogens (tertiary/aromatic N) is 2. The number of hydrogen-bond acceptors (Lipinski definition) is 5. The molecule has 1 saturated heterocycles. The second-order valence-electron chi connectivity index (χ2n) is 10.4. The van der Waals surface area contributed by atoms with Gasteiger partial charge in [0.1, 0.15) is 23.0 Å². The minimum Gasteiger partial charge on any atom is -0.497 e. The Bertz CT molecular complexity index is 1540. The van der Waals surface area contributed by atoms with E-state index in [4.69, 9.17) is 32.7 Å². The molecule has 2 unspecified atom stereocenters. The number of ether oxygens (including phenoxy) is 2. The number of benzene rings is 3. The molecular weight excluding hydrogens is 567 g/mol. The van der Waals surface area contributed by atoms with Crippen LogP contribution in [0.5, 0.6) is 11.5 Å². The highest BCUT2D eigenvalue weighted by atomic mass is 35.5. The maximum absolute atomic E-state index is 14.4. The van der Waals surface area contributed by atoms with Crippen molar-refractivity contribution in [2.45, 2.75) is 44.2 Å². The molecule has 2 amide bonds. The molecule has 3 aromatic carbocycles. The lowest BCUT2D eigenvalue weighted by Crippen LogP contribution is -2.48. The predicted molar refractivity (Wildman–Crippen MR) is 156 cm³/mol. The summed E-state index contributed by atoms with van der Waals surface area (Å²) in [4.78, 5) is 42.9. The van der Waals surface area contributed by atoms with Crippen LogP contribution in [0.1, 0.15) is 53.2 Å². The Labute approximate surface area is 248 Å². The highest BCUT2D eigenvalue weighted by Gasteiger charge is 2.50. The summed E-state index contributed by atoms with van der Waals surface area (Å²) in [5.74, 6) is -0.488. The zero-order valence-electron chi connectivity index (χ0n) is 22.9. The van der Waals surface area contributed by atoms with Crippen LogP contribution in [0.3, 0.4) is 0 Å². The number of halogens is 2. The van der Waals surface area contributed by atoms with Gasteiger partial charge in [0.15, 0.2) is 0 Å². The number of amides is 2. The number of carbonyl (C=O) groups excluding carboxylic acids is 2. The standard InChI is InChI=1S/C31H30Cl2N2O6/c1-31(22-14-18(8-11-24(22)33)28(36)34-13-5-4-6-26(34)29(37)38)23-15-20(32)9-12-25(23)35(30(31)39)17-19-7-10-21(40-2)16-27(19)41-3/h7-12,14-16,26H,4-6,13,17H2,1-3H3,(H,37,38). The van der Waals surface area contributed by atoms with E-state index < -0.39 is 23.3 Å². The molecule has 1 N–H and O–H groups in total. The summed E-state index contributed by atoms with van der Waals surface area (Å²) in [6, 6.07) is 14.5. The van der Waals surface area contributed by atoms with E-state index in [1.807, 2.05) is 6.07 Å². The molecule has 2 heterocycles. The summed E-state index contributed by atoms with van der Waals surface area (Å²) in [5, 5.41) is 10.5. The minimum atomic E-state index is -1.28. The van der Waals surface area contributed by atoms with Crippen LogP contribution >= 0.6 is 23.2 Å². The third-order valence-electron chi connectivity index (χ3n) is 8.08. The quantitative estimate of drug-likeness (QED) is 0.362. The molecule has 0 aliphatic carbocycles. The number of carboxylic acid groups (broad SMARTS) is 1. The van der Waals surface area contributed by atoms with E-state index in [0.29, 0.717) is 51.3 Å². The molecule has 41 heavy (non-hydrogen) atoms. The van der Waals surface area contributed by atoms with Gasteiger partial charge in [-0.2, -0.15) is 0 Å². The number of likely N-dealkylation sites (tertiary alicyclic amines) is 1. The van der Waals surface area contributed by atoms with Gasteiger partial charge in [-0.15, -0.1) is 0 Å². The van der Waals surface area contributed by atoms with Gasteiger partial charge in [-0.3, -0.25) is 9.59 Å². The van der Waals surface area contributed by atoms with Crippen molar-refractivity contribution in [3.63, 3.8) is 0 Å². The first-order valence-corrected chi connectivity index (χ1v) is 14.0. The molecule has 214 valence electrons. The number of piperidine rings is 1. The van der Waals surface area contributed by atoms with Crippen LogP contribution in [0.4, 0.5) is 5.69 Å². The lowest BCUT2D eigenvalue weighted by molar-refractivity contribution is -0.143. The van der Waals surface area contributed by atoms with Crippen molar-refractivity contribution in [2.24, 2.45) is 0 Å². The topological polar surface area (TPSA) is 96.4 Å². The number of carboxylic acids is 1. The third-order valence-corrected chi connectivity index (χ3v) is 8.65. The van der Waals surface area contributed by atoms with E-state index in [1.165, 1.54) is 4.90 Å². The Morgan fingerprint density at radius 1 is 1.00 bits per heavy atom. The second kappa shape index (κ2) is 11.3. The lowest BCUT2D eigenvalue weighted by atomic mass is 9.76. The highest BCUT2D eigenvalue weighted by molar-refractivity contribution is 6.33. The molecule has 8 nitrogen and oxygen atoms in total. The maximum atomic E-state index is 14.4. The van der Waals surface area contributed by atoms with Gasteiger partial charge in [-0.1, -0.05) is 23.2 Å². The maximum Gasteiger partial charge on any atom is 0.326 e. The molecule has 5 rings (SSSR count). The number of aliphatic carboxylic acids is 1. The van der Waals surface area contributed by atoms with Crippen LogP contribution < -0.4 is 14.4 Å². The summed E-state index contributed by atoms with van der Waals surface area (Å²) >= 11 is 13.2. The summed E-state index contributed by atoms with van der Waals surface area (Å²) in [6.07, 6.45) is 1.86. The monoisotopic (exact) mass is 596 g/mol. The summed E-state index contributed by atoms with van der Waals surface area (Å²) < 4.78 is 10.9.